The lowest BCUT2D eigenvalue weighted by atomic mass is 10.2. The zero-order chi connectivity index (χ0) is 24.4. The number of hydrogen-bond acceptors (Lipinski definition) is 6. The average molecular weight is 548 g/mol. The van der Waals surface area contributed by atoms with E-state index < -0.39 is 0 Å². The first kappa shape index (κ1) is 23.2. The van der Waals surface area contributed by atoms with Crippen molar-refractivity contribution < 1.29 is 4.74 Å². The first-order valence-corrected chi connectivity index (χ1v) is 12.5. The highest BCUT2D eigenvalue weighted by atomic mass is 79.9. The number of rotatable bonds is 8. The van der Waals surface area contributed by atoms with Gasteiger partial charge in [-0.05, 0) is 57.9 Å². The van der Waals surface area contributed by atoms with Gasteiger partial charge < -0.3 is 18.9 Å². The van der Waals surface area contributed by atoms with Crippen LogP contribution in [0.15, 0.2) is 63.6 Å². The monoisotopic (exact) mass is 547 g/mol. The molecule has 1 aromatic carbocycles. The van der Waals surface area contributed by atoms with Crippen molar-refractivity contribution in [1.82, 2.24) is 29.1 Å². The van der Waals surface area contributed by atoms with Crippen LogP contribution in [0.25, 0.3) is 22.2 Å². The van der Waals surface area contributed by atoms with Crippen molar-refractivity contribution in [3.63, 3.8) is 0 Å². The maximum Gasteiger partial charge on any atom is 0.173 e. The number of imidazole rings is 1. The van der Waals surface area contributed by atoms with E-state index >= 15 is 0 Å². The number of fused-ring (bicyclic) bond motifs is 2. The van der Waals surface area contributed by atoms with Crippen LogP contribution >= 0.6 is 27.7 Å². The van der Waals surface area contributed by atoms with E-state index in [1.165, 1.54) is 11.8 Å². The predicted molar refractivity (Wildman–Crippen MR) is 139 cm³/mol. The van der Waals surface area contributed by atoms with Crippen molar-refractivity contribution >= 4 is 49.9 Å². The molecule has 0 spiro atoms. The Morgan fingerprint density at radius 3 is 2.80 bits per heavy atom. The maximum atomic E-state index is 8.22. The van der Waals surface area contributed by atoms with Crippen LogP contribution < -0.4 is 10.2 Å². The molecule has 5 rings (SSSR count). The number of benzene rings is 1. The molecule has 0 atom stereocenters. The number of methoxy groups -OCH3 is 1. The fraction of sp³-hybridized carbons (Fsp3) is 0.200. The number of pyridine rings is 1. The van der Waals surface area contributed by atoms with Gasteiger partial charge in [0.25, 0.3) is 0 Å². The van der Waals surface area contributed by atoms with E-state index in [1.54, 1.807) is 19.6 Å². The number of ether oxygens (including phenoxy) is 1. The Balaban J connectivity index is 1.50. The van der Waals surface area contributed by atoms with Crippen LogP contribution in [0, 0.1) is 17.8 Å². The predicted octanol–water partition coefficient (Wildman–Crippen LogP) is 4.97. The van der Waals surface area contributed by atoms with Crippen LogP contribution in [0.5, 0.6) is 5.75 Å². The van der Waals surface area contributed by atoms with Gasteiger partial charge in [-0.3, -0.25) is 5.41 Å². The standard InChI is InChI=1S/C25H22BrN7OS/c1-3-4-5-10-32-15-29-22(27)21-24(32)31-25(30-21)35-20-14-33(23-19(20)11-17(26)12-28-23)13-16-6-8-18(34-2)9-7-16/h1,6-9,11-12,14-15,27H,4-5,10,13H2,2H3,(H,30,31). The van der Waals surface area contributed by atoms with E-state index in [0.29, 0.717) is 35.8 Å². The molecule has 0 aliphatic carbocycles. The molecule has 8 nitrogen and oxygen atoms in total. The Bertz CT molecular complexity index is 1610. The Morgan fingerprint density at radius 1 is 1.20 bits per heavy atom. The summed E-state index contributed by atoms with van der Waals surface area (Å²) < 4.78 is 10.3. The molecule has 0 radical (unpaired) electrons. The van der Waals surface area contributed by atoms with E-state index in [2.05, 4.69) is 65.8 Å². The molecular weight excluding hydrogens is 526 g/mol. The fourth-order valence-electron chi connectivity index (χ4n) is 3.87. The SMILES string of the molecule is C#CCCCn1cnc(=N)c2[nH]c(Sc3cn(Cc4ccc(OC)cc4)c4ncc(Br)cc34)nc21. The number of unbranched alkanes of at least 4 members (excludes halogenated alkanes) is 1. The highest BCUT2D eigenvalue weighted by Crippen LogP contribution is 2.35. The largest absolute Gasteiger partial charge is 0.497 e. The minimum absolute atomic E-state index is 0.166. The van der Waals surface area contributed by atoms with Crippen LogP contribution in [-0.2, 0) is 13.1 Å². The zero-order valence-electron chi connectivity index (χ0n) is 19.0. The molecule has 2 N–H and O–H groups in total. The Morgan fingerprint density at radius 2 is 2.03 bits per heavy atom. The number of aryl methyl sites for hydroxylation is 1. The van der Waals surface area contributed by atoms with Crippen molar-refractivity contribution in [2.45, 2.75) is 36.0 Å². The van der Waals surface area contributed by atoms with Crippen LogP contribution in [0.1, 0.15) is 18.4 Å². The summed E-state index contributed by atoms with van der Waals surface area (Å²) in [6.45, 7) is 1.37. The number of terminal acetylenes is 1. The number of nitrogens with one attached hydrogen (secondary N) is 2. The number of halogens is 1. The topological polar surface area (TPSA) is 97.4 Å². The van der Waals surface area contributed by atoms with E-state index in [0.717, 1.165) is 38.1 Å². The first-order chi connectivity index (χ1) is 17.1. The van der Waals surface area contributed by atoms with Gasteiger partial charge in [0.2, 0.25) is 0 Å². The third kappa shape index (κ3) is 4.83. The van der Waals surface area contributed by atoms with E-state index in [1.807, 2.05) is 16.7 Å². The average Bonchev–Trinajstić information content (AvgIpc) is 3.43. The van der Waals surface area contributed by atoms with Gasteiger partial charge in [0.15, 0.2) is 16.3 Å². The molecule has 0 amide bonds. The maximum absolute atomic E-state index is 8.22. The second kappa shape index (κ2) is 9.98. The molecular formula is C25H22BrN7OS. The van der Waals surface area contributed by atoms with E-state index in [4.69, 9.17) is 21.6 Å². The number of aromatic amines is 1. The number of nitrogens with zero attached hydrogens (tertiary/aromatic N) is 5. The second-order valence-electron chi connectivity index (χ2n) is 7.93. The molecule has 0 unspecified atom stereocenters. The van der Waals surface area contributed by atoms with Gasteiger partial charge in [-0.2, -0.15) is 0 Å². The van der Waals surface area contributed by atoms with E-state index in [-0.39, 0.29) is 5.49 Å². The molecule has 4 heterocycles. The number of aromatic nitrogens is 6. The van der Waals surface area contributed by atoms with Crippen molar-refractivity contribution in [3.05, 3.63) is 64.6 Å². The zero-order valence-corrected chi connectivity index (χ0v) is 21.4. The summed E-state index contributed by atoms with van der Waals surface area (Å²) in [5.74, 6) is 3.49. The summed E-state index contributed by atoms with van der Waals surface area (Å²) in [6.07, 6.45) is 12.4. The van der Waals surface area contributed by atoms with Gasteiger partial charge in [-0.25, -0.2) is 15.0 Å². The molecule has 0 bridgehead atoms. The summed E-state index contributed by atoms with van der Waals surface area (Å²) >= 11 is 5.06. The molecule has 0 fully saturated rings. The molecule has 35 heavy (non-hydrogen) atoms. The lowest BCUT2D eigenvalue weighted by molar-refractivity contribution is 0.414. The molecule has 0 saturated heterocycles. The molecule has 10 heteroatoms. The Labute approximate surface area is 214 Å². The summed E-state index contributed by atoms with van der Waals surface area (Å²) in [4.78, 5) is 18.0. The summed E-state index contributed by atoms with van der Waals surface area (Å²) in [5.41, 5.74) is 3.50. The van der Waals surface area contributed by atoms with E-state index in [9.17, 15) is 0 Å². The molecule has 0 aliphatic heterocycles. The third-order valence-corrected chi connectivity index (χ3v) is 6.95. The van der Waals surface area contributed by atoms with Crippen molar-refractivity contribution in [3.8, 4) is 18.1 Å². The number of H-pyrrole nitrogens is 1. The summed E-state index contributed by atoms with van der Waals surface area (Å²) in [6, 6.07) is 10.1. The van der Waals surface area contributed by atoms with Crippen LogP contribution in [0.4, 0.5) is 0 Å². The molecule has 5 aromatic rings. The van der Waals surface area contributed by atoms with Crippen molar-refractivity contribution in [2.75, 3.05) is 7.11 Å². The number of hydrogen-bond donors (Lipinski definition) is 2. The van der Waals surface area contributed by atoms with Crippen LogP contribution in [0.2, 0.25) is 0 Å². The first-order valence-electron chi connectivity index (χ1n) is 10.9. The highest BCUT2D eigenvalue weighted by Gasteiger charge is 2.16. The second-order valence-corrected chi connectivity index (χ2v) is 9.88. The molecule has 176 valence electrons. The Kier molecular flexibility index (Phi) is 6.61. The normalized spacial score (nSPS) is 11.2. The van der Waals surface area contributed by atoms with Crippen molar-refractivity contribution in [2.24, 2.45) is 0 Å². The minimum Gasteiger partial charge on any atom is -0.497 e. The quantitative estimate of drug-likeness (QED) is 0.211. The molecule has 0 aliphatic rings. The minimum atomic E-state index is 0.166. The smallest absolute Gasteiger partial charge is 0.173 e. The third-order valence-electron chi connectivity index (χ3n) is 5.58. The molecule has 0 saturated carbocycles. The highest BCUT2D eigenvalue weighted by molar-refractivity contribution is 9.10. The Hall–Kier alpha value is -3.55. The lowest BCUT2D eigenvalue weighted by Gasteiger charge is -2.06. The van der Waals surface area contributed by atoms with Gasteiger partial charge in [0.05, 0.1) is 13.4 Å². The van der Waals surface area contributed by atoms with Gasteiger partial charge in [-0.15, -0.1) is 12.3 Å². The van der Waals surface area contributed by atoms with Crippen molar-refractivity contribution in [1.29, 1.82) is 5.41 Å². The van der Waals surface area contributed by atoms with Crippen LogP contribution in [-0.4, -0.2) is 36.2 Å². The molecule has 4 aromatic heterocycles. The van der Waals surface area contributed by atoms with Crippen LogP contribution in [0.3, 0.4) is 0 Å². The fourth-order valence-corrected chi connectivity index (χ4v) is 5.14. The summed E-state index contributed by atoms with van der Waals surface area (Å²) in [7, 11) is 1.66. The van der Waals surface area contributed by atoms with Gasteiger partial charge in [0, 0.05) is 46.7 Å². The van der Waals surface area contributed by atoms with Gasteiger partial charge in [-0.1, -0.05) is 12.1 Å². The van der Waals surface area contributed by atoms with Gasteiger partial charge >= 0.3 is 0 Å². The summed E-state index contributed by atoms with van der Waals surface area (Å²) in [5, 5.41) is 9.93. The lowest BCUT2D eigenvalue weighted by Crippen LogP contribution is -2.12. The van der Waals surface area contributed by atoms with Gasteiger partial charge in [0.1, 0.15) is 16.9 Å².